The Hall–Kier alpha value is -2.13. The lowest BCUT2D eigenvalue weighted by Gasteiger charge is -2.33. The summed E-state index contributed by atoms with van der Waals surface area (Å²) in [5, 5.41) is 29.0. The largest absolute Gasteiger partial charge is 0.396 e. The van der Waals surface area contributed by atoms with Crippen LogP contribution in [0.15, 0.2) is 18.2 Å². The van der Waals surface area contributed by atoms with Gasteiger partial charge in [0.1, 0.15) is 11.6 Å². The maximum Gasteiger partial charge on any atom is 0.287 e. The quantitative estimate of drug-likeness (QED) is 0.660. The highest BCUT2D eigenvalue weighted by molar-refractivity contribution is 5.60. The van der Waals surface area contributed by atoms with Crippen LogP contribution >= 0.6 is 0 Å². The smallest absolute Gasteiger partial charge is 0.287 e. The van der Waals surface area contributed by atoms with Crippen molar-refractivity contribution in [2.75, 3.05) is 24.6 Å². The van der Waals surface area contributed by atoms with Gasteiger partial charge in [0, 0.05) is 31.5 Å². The minimum Gasteiger partial charge on any atom is -0.396 e. The highest BCUT2D eigenvalue weighted by Crippen LogP contribution is 2.27. The van der Waals surface area contributed by atoms with Crippen LogP contribution in [0.4, 0.5) is 11.4 Å². The molecule has 19 heavy (non-hydrogen) atoms. The number of aliphatic hydroxyl groups excluding tert-OH is 1. The first-order valence-corrected chi connectivity index (χ1v) is 6.20. The van der Waals surface area contributed by atoms with E-state index in [0.29, 0.717) is 0 Å². The molecule has 6 heteroatoms. The molecule has 1 unspecified atom stereocenters. The molecule has 1 aliphatic rings. The predicted octanol–water partition coefficient (Wildman–Crippen LogP) is 1.68. The van der Waals surface area contributed by atoms with E-state index in [1.54, 1.807) is 12.1 Å². The number of nitriles is 1. The third kappa shape index (κ3) is 2.83. The van der Waals surface area contributed by atoms with Crippen molar-refractivity contribution >= 4 is 11.4 Å². The highest BCUT2D eigenvalue weighted by Gasteiger charge is 2.21. The molecule has 1 atom stereocenters. The number of anilines is 1. The van der Waals surface area contributed by atoms with Crippen molar-refractivity contribution in [3.05, 3.63) is 33.9 Å². The number of hydrogen-bond donors (Lipinski definition) is 1. The molecule has 1 heterocycles. The minimum atomic E-state index is -0.547. The van der Waals surface area contributed by atoms with Gasteiger partial charge in [0.15, 0.2) is 0 Å². The van der Waals surface area contributed by atoms with E-state index in [1.807, 2.05) is 6.07 Å². The number of nitro groups is 1. The SMILES string of the molecule is N#Cc1cc(N2CCCC(CO)C2)ccc1[N+](=O)[O-]. The first kappa shape index (κ1) is 13.3. The average molecular weight is 261 g/mol. The van der Waals surface area contributed by atoms with Gasteiger partial charge in [-0.3, -0.25) is 10.1 Å². The fraction of sp³-hybridized carbons (Fsp3) is 0.462. The van der Waals surface area contributed by atoms with Crippen LogP contribution in [0, 0.1) is 27.4 Å². The molecule has 0 bridgehead atoms. The molecule has 6 nitrogen and oxygen atoms in total. The predicted molar refractivity (Wildman–Crippen MR) is 69.8 cm³/mol. The zero-order valence-corrected chi connectivity index (χ0v) is 10.5. The summed E-state index contributed by atoms with van der Waals surface area (Å²) >= 11 is 0. The molecular weight excluding hydrogens is 246 g/mol. The van der Waals surface area contributed by atoms with Crippen molar-refractivity contribution in [1.29, 1.82) is 5.26 Å². The van der Waals surface area contributed by atoms with Crippen molar-refractivity contribution in [1.82, 2.24) is 0 Å². The normalized spacial score (nSPS) is 18.9. The van der Waals surface area contributed by atoms with E-state index in [0.717, 1.165) is 31.6 Å². The fourth-order valence-electron chi connectivity index (χ4n) is 2.42. The molecule has 1 N–H and O–H groups in total. The number of aliphatic hydroxyl groups is 1. The van der Waals surface area contributed by atoms with Crippen LogP contribution in [0.25, 0.3) is 0 Å². The third-order valence-electron chi connectivity index (χ3n) is 3.44. The van der Waals surface area contributed by atoms with Crippen molar-refractivity contribution in [2.24, 2.45) is 5.92 Å². The lowest BCUT2D eigenvalue weighted by atomic mass is 9.98. The highest BCUT2D eigenvalue weighted by atomic mass is 16.6. The van der Waals surface area contributed by atoms with Gasteiger partial charge >= 0.3 is 0 Å². The molecule has 1 saturated heterocycles. The van der Waals surface area contributed by atoms with E-state index in [4.69, 9.17) is 5.26 Å². The molecule has 100 valence electrons. The number of nitrogens with zero attached hydrogens (tertiary/aromatic N) is 3. The molecule has 1 aliphatic heterocycles. The lowest BCUT2D eigenvalue weighted by Crippen LogP contribution is -2.36. The molecule has 0 radical (unpaired) electrons. The van der Waals surface area contributed by atoms with E-state index in [2.05, 4.69) is 4.90 Å². The number of hydrogen-bond acceptors (Lipinski definition) is 5. The van der Waals surface area contributed by atoms with E-state index in [1.165, 1.54) is 6.07 Å². The molecule has 1 fully saturated rings. The zero-order valence-electron chi connectivity index (χ0n) is 10.5. The van der Waals surface area contributed by atoms with Crippen LogP contribution in [0.3, 0.4) is 0 Å². The van der Waals surface area contributed by atoms with Gasteiger partial charge in [0.25, 0.3) is 5.69 Å². The van der Waals surface area contributed by atoms with Gasteiger partial charge in [-0.2, -0.15) is 5.26 Å². The summed E-state index contributed by atoms with van der Waals surface area (Å²) in [7, 11) is 0. The van der Waals surface area contributed by atoms with Crippen LogP contribution in [-0.2, 0) is 0 Å². The van der Waals surface area contributed by atoms with Crippen molar-refractivity contribution in [3.8, 4) is 6.07 Å². The Bertz CT molecular complexity index is 524. The summed E-state index contributed by atoms with van der Waals surface area (Å²) < 4.78 is 0. The fourth-order valence-corrected chi connectivity index (χ4v) is 2.42. The van der Waals surface area contributed by atoms with Gasteiger partial charge in [-0.1, -0.05) is 0 Å². The van der Waals surface area contributed by atoms with Gasteiger partial charge in [-0.25, -0.2) is 0 Å². The summed E-state index contributed by atoms with van der Waals surface area (Å²) in [4.78, 5) is 12.3. The number of rotatable bonds is 3. The zero-order chi connectivity index (χ0) is 13.8. The van der Waals surface area contributed by atoms with Crippen molar-refractivity contribution in [2.45, 2.75) is 12.8 Å². The Morgan fingerprint density at radius 3 is 3.00 bits per heavy atom. The Balaban J connectivity index is 2.26. The second-order valence-electron chi connectivity index (χ2n) is 4.71. The second kappa shape index (κ2) is 5.67. The van der Waals surface area contributed by atoms with E-state index in [9.17, 15) is 15.2 Å². The summed E-state index contributed by atoms with van der Waals surface area (Å²) in [6.45, 7) is 1.72. The standard InChI is InChI=1S/C13H15N3O3/c14-7-11-6-12(3-4-13(11)16(18)19)15-5-1-2-10(8-15)9-17/h3-4,6,10,17H,1-2,5,8-9H2. The molecule has 1 aromatic rings. The van der Waals surface area contributed by atoms with Gasteiger partial charge < -0.3 is 10.0 Å². The Morgan fingerprint density at radius 2 is 2.37 bits per heavy atom. The molecule has 2 rings (SSSR count). The Labute approximate surface area is 111 Å². The summed E-state index contributed by atoms with van der Waals surface area (Å²) in [5.41, 5.74) is 0.718. The maximum absolute atomic E-state index is 10.8. The van der Waals surface area contributed by atoms with Crippen molar-refractivity contribution in [3.63, 3.8) is 0 Å². The summed E-state index contributed by atoms with van der Waals surface area (Å²) in [6.07, 6.45) is 1.97. The van der Waals surface area contributed by atoms with Gasteiger partial charge in [-0.05, 0) is 30.9 Å². The molecule has 0 saturated carbocycles. The van der Waals surface area contributed by atoms with Gasteiger partial charge in [0.2, 0.25) is 0 Å². The first-order chi connectivity index (χ1) is 9.15. The minimum absolute atomic E-state index is 0.0774. The van der Waals surface area contributed by atoms with Crippen molar-refractivity contribution < 1.29 is 10.0 Å². The maximum atomic E-state index is 10.8. The van der Waals surface area contributed by atoms with E-state index in [-0.39, 0.29) is 23.8 Å². The van der Waals surface area contributed by atoms with Gasteiger partial charge in [-0.15, -0.1) is 0 Å². The van der Waals surface area contributed by atoms with Crippen LogP contribution < -0.4 is 4.90 Å². The number of nitro benzene ring substituents is 1. The second-order valence-corrected chi connectivity index (χ2v) is 4.71. The van der Waals surface area contributed by atoms with E-state index >= 15 is 0 Å². The number of benzene rings is 1. The Morgan fingerprint density at radius 1 is 1.58 bits per heavy atom. The number of piperidine rings is 1. The molecule has 1 aromatic carbocycles. The van der Waals surface area contributed by atoms with E-state index < -0.39 is 4.92 Å². The monoisotopic (exact) mass is 261 g/mol. The summed E-state index contributed by atoms with van der Waals surface area (Å²) in [5.74, 6) is 0.231. The summed E-state index contributed by atoms with van der Waals surface area (Å²) in [6, 6.07) is 6.45. The van der Waals surface area contributed by atoms with Crippen LogP contribution in [0.1, 0.15) is 18.4 Å². The lowest BCUT2D eigenvalue weighted by molar-refractivity contribution is -0.385. The molecular formula is C13H15N3O3. The third-order valence-corrected chi connectivity index (χ3v) is 3.44. The van der Waals surface area contributed by atoms with Crippen LogP contribution in [0.5, 0.6) is 0 Å². The molecule has 0 aliphatic carbocycles. The average Bonchev–Trinajstić information content (AvgIpc) is 2.46. The topological polar surface area (TPSA) is 90.4 Å². The molecule has 0 aromatic heterocycles. The first-order valence-electron chi connectivity index (χ1n) is 6.20. The van der Waals surface area contributed by atoms with Crippen LogP contribution in [0.2, 0.25) is 0 Å². The van der Waals surface area contributed by atoms with Gasteiger partial charge in [0.05, 0.1) is 4.92 Å². The van der Waals surface area contributed by atoms with Crippen LogP contribution in [-0.4, -0.2) is 29.7 Å². The molecule has 0 amide bonds. The Kier molecular flexibility index (Phi) is 3.97. The molecule has 0 spiro atoms.